The average molecular weight is 1580 g/mol. The Balaban J connectivity index is 0.000000178. The largest absolute Gasteiger partial charge is 2.00 e. The molecule has 0 saturated heterocycles. The molecule has 6 aliphatic carbocycles. The van der Waals surface area contributed by atoms with Crippen molar-refractivity contribution in [3.8, 4) is 0 Å². The summed E-state index contributed by atoms with van der Waals surface area (Å²) in [4.78, 5) is 22.5. The van der Waals surface area contributed by atoms with E-state index in [0.29, 0.717) is 33.6 Å². The van der Waals surface area contributed by atoms with Gasteiger partial charge in [0.15, 0.2) is 5.78 Å². The number of allylic oxidation sites excluding steroid dienone is 2. The van der Waals surface area contributed by atoms with Crippen molar-refractivity contribution in [2.45, 2.75) is 272 Å². The number of benzene rings is 7. The van der Waals surface area contributed by atoms with Crippen LogP contribution >= 0.6 is 47.8 Å². The Labute approximate surface area is 643 Å². The van der Waals surface area contributed by atoms with Crippen molar-refractivity contribution in [3.63, 3.8) is 0 Å². The van der Waals surface area contributed by atoms with Gasteiger partial charge in [0.25, 0.3) is 0 Å². The summed E-state index contributed by atoms with van der Waals surface area (Å²) >= 11 is 10.6. The van der Waals surface area contributed by atoms with Crippen molar-refractivity contribution in [1.82, 2.24) is 0 Å². The molecular weight excluding hydrogens is 1470 g/mol. The molecule has 13 rings (SSSR count). The number of halogens is 4. The van der Waals surface area contributed by atoms with Crippen LogP contribution in [-0.4, -0.2) is 39.9 Å². The third-order valence-corrected chi connectivity index (χ3v) is 24.9. The molecule has 518 valence electrons. The number of carbonyl (C=O) groups excluding carboxylic acids is 1. The molecule has 98 heavy (non-hydrogen) atoms. The van der Waals surface area contributed by atoms with Gasteiger partial charge in [0, 0.05) is 25.4 Å². The molecule has 0 radical (unpaired) electrons. The molecule has 0 bridgehead atoms. The van der Waals surface area contributed by atoms with E-state index in [4.69, 9.17) is 0 Å². The van der Waals surface area contributed by atoms with Crippen molar-refractivity contribution in [3.05, 3.63) is 252 Å². The van der Waals surface area contributed by atoms with Crippen LogP contribution in [0.15, 0.2) is 135 Å². The molecule has 7 aromatic rings. The smallest absolute Gasteiger partial charge is 1.00 e. The third-order valence-electron chi connectivity index (χ3n) is 23.0. The van der Waals surface area contributed by atoms with Gasteiger partial charge in [-0.15, -0.1) is 11.1 Å². The van der Waals surface area contributed by atoms with E-state index in [1.165, 1.54) is 149 Å². The first-order valence-electron chi connectivity index (χ1n) is 35.6. The van der Waals surface area contributed by atoms with Crippen LogP contribution in [0.4, 0.5) is 0 Å². The summed E-state index contributed by atoms with van der Waals surface area (Å²) in [5, 5.41) is 9.34. The number of fused-ring (bicyclic) bond motifs is 6. The summed E-state index contributed by atoms with van der Waals surface area (Å²) in [5.74, 6) is -0.662. The van der Waals surface area contributed by atoms with E-state index in [-0.39, 0.29) is 67.5 Å². The molecule has 0 fully saturated rings. The van der Waals surface area contributed by atoms with Crippen LogP contribution in [0.5, 0.6) is 0 Å². The van der Waals surface area contributed by atoms with Crippen molar-refractivity contribution < 1.29 is 31.7 Å². The van der Waals surface area contributed by atoms with Crippen molar-refractivity contribution in [2.75, 3.05) is 0 Å². The molecule has 8 heteroatoms. The summed E-state index contributed by atoms with van der Waals surface area (Å²) in [6.45, 7) is 48.7. The van der Waals surface area contributed by atoms with Crippen molar-refractivity contribution >= 4 is 93.7 Å². The number of carboxylic acids is 1. The number of Topliss-reactive ketones (excluding diaryl/α,β-unsaturated/α-hetero) is 1. The Bertz CT molecular complexity index is 4140. The van der Waals surface area contributed by atoms with Crippen molar-refractivity contribution in [1.29, 1.82) is 0 Å². The van der Waals surface area contributed by atoms with Crippen LogP contribution in [0.2, 0.25) is 0 Å². The van der Waals surface area contributed by atoms with Crippen LogP contribution in [0.3, 0.4) is 0 Å². The monoisotopic (exact) mass is 1580 g/mol. The Kier molecular flexibility index (Phi) is 25.7. The minimum Gasteiger partial charge on any atom is -1.00 e. The SMILES string of the molecule is CCC(=O)c1ccc(Br)cc1.Cc1[c-]cc2c(c1)C(C)(C)CCC2(C)C.Cc1cc2c(cc1Br)C(C)(C)CCC2(C)C.Cc1cc2c(cc1C1=CCCc3cc(Br)ccc31)C(C)(C)CCC2(C)C.Cc1cc2c(cc1C1=CCCc3cc(C(=O)O)ccc31)C(C)(C)CCC2(C)C.[Br-].[Mg+2]. The van der Waals surface area contributed by atoms with Gasteiger partial charge in [-0.2, -0.15) is 23.8 Å². The number of aromatic carboxylic acids is 1. The molecule has 7 aromatic carbocycles. The van der Waals surface area contributed by atoms with Gasteiger partial charge in [-0.1, -0.05) is 251 Å². The Morgan fingerprint density at radius 2 is 0.745 bits per heavy atom. The Morgan fingerprint density at radius 1 is 0.408 bits per heavy atom. The third kappa shape index (κ3) is 17.7. The molecule has 0 heterocycles. The quantitative estimate of drug-likeness (QED) is 0.106. The van der Waals surface area contributed by atoms with E-state index < -0.39 is 5.97 Å². The first kappa shape index (κ1) is 81.1. The van der Waals surface area contributed by atoms with E-state index in [0.717, 1.165) is 41.3 Å². The summed E-state index contributed by atoms with van der Waals surface area (Å²) in [7, 11) is 0. The Hall–Kier alpha value is -4.15. The number of carbonyl (C=O) groups is 2. The minimum atomic E-state index is -0.854. The first-order chi connectivity index (χ1) is 44.6. The van der Waals surface area contributed by atoms with E-state index in [1.807, 2.05) is 43.3 Å². The predicted molar refractivity (Wildman–Crippen MR) is 425 cm³/mol. The maximum absolute atomic E-state index is 11.4. The number of carboxylic acid groups (broad SMARTS) is 1. The fraction of sp³-hybridized carbons (Fsp3) is 0.467. The molecule has 0 amide bonds. The molecule has 0 unspecified atom stereocenters. The standard InChI is InChI=1S/C26H30O2.C25H29Br.C15H21Br.C15H21.C9H9BrO.BrH.Mg/c1-16-13-22-23(26(4,5)12-11-25(22,2)3)15-21(16)20-8-6-7-17-14-18(24(27)28)9-10-19(17)20;1-16-13-22-23(25(4,5)12-11-24(22,2)3)15-21(16)20-8-6-7-17-14-18(26)9-10-19(17)20;1-10-8-11-12(9-13(10)16)15(4,5)7-6-14(11,2)3;1-11-6-7-12-13(10-11)15(4,5)9-8-14(12,2)3;1-2-9(11)7-3-5-8(10)6-4-7;;/h8-10,13-15H,6-7,11-12H2,1-5H3,(H,27,28);8-10,13-15H,6-7,11-12H2,1-5H3;8-9H,6-7H2,1-5H3;7,10H,8-9H2,1-5H3;3-6H,2H2,1H3;1H;/q;;;-1;;;+2/p-1. The van der Waals surface area contributed by atoms with Gasteiger partial charge in [-0.05, 0) is 266 Å². The Morgan fingerprint density at radius 3 is 1.15 bits per heavy atom. The van der Waals surface area contributed by atoms with Gasteiger partial charge < -0.3 is 22.1 Å². The number of aryl methyl sites for hydroxylation is 6. The second kappa shape index (κ2) is 31.0. The average Bonchev–Trinajstić information content (AvgIpc) is 0.756. The van der Waals surface area contributed by atoms with E-state index in [1.54, 1.807) is 22.8 Å². The fourth-order valence-electron chi connectivity index (χ4n) is 15.9. The van der Waals surface area contributed by atoms with E-state index in [2.05, 4.69) is 271 Å². The van der Waals surface area contributed by atoms with Crippen LogP contribution in [0, 0.1) is 33.8 Å². The summed E-state index contributed by atoms with van der Waals surface area (Å²) < 4.78 is 3.43. The number of hydrogen-bond donors (Lipinski definition) is 1. The summed E-state index contributed by atoms with van der Waals surface area (Å²) in [6.07, 6.45) is 19.6. The van der Waals surface area contributed by atoms with Gasteiger partial charge in [0.1, 0.15) is 0 Å². The van der Waals surface area contributed by atoms with Gasteiger partial charge >= 0.3 is 29.0 Å². The molecule has 0 aromatic heterocycles. The topological polar surface area (TPSA) is 54.4 Å². The minimum absolute atomic E-state index is 0. The molecule has 0 atom stereocenters. The molecule has 0 aliphatic heterocycles. The van der Waals surface area contributed by atoms with Gasteiger partial charge in [-0.3, -0.25) is 4.79 Å². The zero-order chi connectivity index (χ0) is 70.6. The zero-order valence-electron chi connectivity index (χ0n) is 63.2. The second-order valence-corrected chi connectivity index (χ2v) is 36.8. The van der Waals surface area contributed by atoms with Gasteiger partial charge in [0.05, 0.1) is 5.56 Å². The van der Waals surface area contributed by atoms with Gasteiger partial charge in [0.2, 0.25) is 0 Å². The van der Waals surface area contributed by atoms with Gasteiger partial charge in [-0.25, -0.2) is 4.79 Å². The van der Waals surface area contributed by atoms with Crippen molar-refractivity contribution in [2.24, 2.45) is 0 Å². The molecule has 3 nitrogen and oxygen atoms in total. The molecular formula is C90H110Br4MgO3. The number of ketones is 1. The number of hydrogen-bond acceptors (Lipinski definition) is 2. The fourth-order valence-corrected chi connectivity index (χ4v) is 16.9. The van der Waals surface area contributed by atoms with Crippen LogP contribution in [0.25, 0.3) is 11.1 Å². The summed E-state index contributed by atoms with van der Waals surface area (Å²) in [6, 6.07) is 42.2. The molecule has 0 spiro atoms. The molecule has 0 saturated carbocycles. The normalized spacial score (nSPS) is 18.9. The van der Waals surface area contributed by atoms with Crippen LogP contribution in [0.1, 0.15) is 309 Å². The zero-order valence-corrected chi connectivity index (χ0v) is 71.0. The number of rotatable bonds is 5. The first-order valence-corrected chi connectivity index (χ1v) is 38.0. The second-order valence-electron chi connectivity index (χ2n) is 34.2. The molecule has 6 aliphatic rings. The maximum Gasteiger partial charge on any atom is 2.00 e. The van der Waals surface area contributed by atoms with Crippen LogP contribution in [-0.2, 0) is 56.2 Å². The molecule has 1 N–H and O–H groups in total. The maximum atomic E-state index is 11.4. The van der Waals surface area contributed by atoms with E-state index in [9.17, 15) is 14.7 Å². The van der Waals surface area contributed by atoms with Crippen LogP contribution < -0.4 is 17.0 Å². The predicted octanol–water partition coefficient (Wildman–Crippen LogP) is 22.8. The van der Waals surface area contributed by atoms with E-state index >= 15 is 0 Å². The summed E-state index contributed by atoms with van der Waals surface area (Å²) in [5.41, 5.74) is 31.6.